The number of hydrogen-bond donors (Lipinski definition) is 1. The van der Waals surface area contributed by atoms with Crippen LogP contribution >= 0.6 is 23.1 Å². The Morgan fingerprint density at radius 3 is 2.48 bits per heavy atom. The number of rotatable bonds is 7. The van der Waals surface area contributed by atoms with Crippen LogP contribution < -0.4 is 9.88 Å². The fourth-order valence-corrected chi connectivity index (χ4v) is 4.32. The summed E-state index contributed by atoms with van der Waals surface area (Å²) in [6, 6.07) is 16.1. The van der Waals surface area contributed by atoms with Crippen molar-refractivity contribution in [2.45, 2.75) is 9.24 Å². The lowest BCUT2D eigenvalue weighted by Gasteiger charge is -2.05. The molecular weight excluding hydrogens is 376 g/mol. The highest BCUT2D eigenvalue weighted by molar-refractivity contribution is 8.01. The van der Waals surface area contributed by atoms with Crippen molar-refractivity contribution in [3.05, 3.63) is 60.0 Å². The Hall–Kier alpha value is -1.87. The summed E-state index contributed by atoms with van der Waals surface area (Å²) in [6.07, 6.45) is 0. The highest BCUT2D eigenvalue weighted by Gasteiger charge is 2.07. The Morgan fingerprint density at radius 2 is 1.80 bits per heavy atom. The molecular formula is C17H16N2O3S3. The number of sulfonamides is 1. The lowest BCUT2D eigenvalue weighted by Crippen LogP contribution is -2.11. The van der Waals surface area contributed by atoms with E-state index >= 15 is 0 Å². The van der Waals surface area contributed by atoms with Crippen LogP contribution in [0, 0.1) is 0 Å². The van der Waals surface area contributed by atoms with Gasteiger partial charge >= 0.3 is 0 Å². The van der Waals surface area contributed by atoms with Gasteiger partial charge in [-0.15, -0.1) is 11.3 Å². The molecule has 0 aliphatic heterocycles. The maximum absolute atomic E-state index is 11.2. The van der Waals surface area contributed by atoms with Crippen LogP contribution in [0.3, 0.4) is 0 Å². The summed E-state index contributed by atoms with van der Waals surface area (Å²) in [5.41, 5.74) is 2.09. The van der Waals surface area contributed by atoms with E-state index in [1.807, 2.05) is 35.7 Å². The third-order valence-electron chi connectivity index (χ3n) is 3.28. The molecule has 0 aliphatic rings. The lowest BCUT2D eigenvalue weighted by molar-refractivity contribution is 0.343. The Balaban J connectivity index is 1.48. The molecule has 3 aromatic rings. The molecule has 2 aromatic carbocycles. The summed E-state index contributed by atoms with van der Waals surface area (Å²) < 4.78 is 29.0. The van der Waals surface area contributed by atoms with Crippen molar-refractivity contribution in [2.75, 3.05) is 12.4 Å². The summed E-state index contributed by atoms with van der Waals surface area (Å²) in [5.74, 6) is 1.36. The summed E-state index contributed by atoms with van der Waals surface area (Å²) in [5, 5.41) is 7.11. The van der Waals surface area contributed by atoms with Gasteiger partial charge in [0.2, 0.25) is 10.0 Å². The molecule has 0 saturated heterocycles. The van der Waals surface area contributed by atoms with Crippen LogP contribution in [0.5, 0.6) is 5.75 Å². The number of hydrogen-bond acceptors (Lipinski definition) is 6. The zero-order chi connectivity index (χ0) is 17.7. The number of benzene rings is 2. The van der Waals surface area contributed by atoms with Gasteiger partial charge in [0.25, 0.3) is 0 Å². The van der Waals surface area contributed by atoms with Gasteiger partial charge in [0.05, 0.1) is 17.2 Å². The quantitative estimate of drug-likeness (QED) is 0.490. The van der Waals surface area contributed by atoms with Crippen LogP contribution in [0.1, 0.15) is 0 Å². The molecule has 0 saturated carbocycles. The number of nitrogens with two attached hydrogens (primary N) is 1. The van der Waals surface area contributed by atoms with Crippen molar-refractivity contribution in [3.63, 3.8) is 0 Å². The third kappa shape index (κ3) is 5.05. The average molecular weight is 393 g/mol. The molecule has 1 aromatic heterocycles. The number of aromatic nitrogens is 1. The minimum Gasteiger partial charge on any atom is -0.493 e. The molecule has 0 spiro atoms. The monoisotopic (exact) mass is 392 g/mol. The van der Waals surface area contributed by atoms with E-state index in [9.17, 15) is 8.42 Å². The van der Waals surface area contributed by atoms with Gasteiger partial charge in [-0.05, 0) is 24.3 Å². The summed E-state index contributed by atoms with van der Waals surface area (Å²) in [6.45, 7) is 0.500. The maximum atomic E-state index is 11.2. The zero-order valence-corrected chi connectivity index (χ0v) is 15.6. The highest BCUT2D eigenvalue weighted by Crippen LogP contribution is 2.28. The Kier molecular flexibility index (Phi) is 5.74. The summed E-state index contributed by atoms with van der Waals surface area (Å²) in [7, 11) is -3.67. The van der Waals surface area contributed by atoms with Crippen molar-refractivity contribution in [2.24, 2.45) is 5.14 Å². The summed E-state index contributed by atoms with van der Waals surface area (Å²) >= 11 is 3.24. The largest absolute Gasteiger partial charge is 0.493 e. The predicted molar refractivity (Wildman–Crippen MR) is 102 cm³/mol. The molecule has 0 aliphatic carbocycles. The van der Waals surface area contributed by atoms with Gasteiger partial charge in [-0.2, -0.15) is 0 Å². The SMILES string of the molecule is NS(=O)(=O)c1ccc(OCCSc2nc(-c3ccccc3)cs2)cc1. The fraction of sp³-hybridized carbons (Fsp3) is 0.118. The molecule has 2 N–H and O–H groups in total. The second-order valence-electron chi connectivity index (χ2n) is 5.08. The molecule has 8 heteroatoms. The van der Waals surface area contributed by atoms with Crippen LogP contribution in [0.15, 0.2) is 69.2 Å². The van der Waals surface area contributed by atoms with Crippen molar-refractivity contribution in [3.8, 4) is 17.0 Å². The number of thioether (sulfide) groups is 1. The van der Waals surface area contributed by atoms with Crippen LogP contribution in [-0.4, -0.2) is 25.8 Å². The number of primary sulfonamides is 1. The lowest BCUT2D eigenvalue weighted by atomic mass is 10.2. The second kappa shape index (κ2) is 8.01. The van der Waals surface area contributed by atoms with E-state index in [0.29, 0.717) is 12.4 Å². The standard InChI is InChI=1S/C17H16N2O3S3/c18-25(20,21)15-8-6-14(7-9-15)22-10-11-23-17-19-16(12-24-17)13-4-2-1-3-5-13/h1-9,12H,10-11H2,(H2,18,20,21). The first-order chi connectivity index (χ1) is 12.0. The van der Waals surface area contributed by atoms with E-state index in [1.165, 1.54) is 12.1 Å². The van der Waals surface area contributed by atoms with Gasteiger partial charge in [-0.1, -0.05) is 42.1 Å². The Morgan fingerprint density at radius 1 is 1.08 bits per heavy atom. The first-order valence-corrected chi connectivity index (χ1v) is 10.8. The van der Waals surface area contributed by atoms with Gasteiger partial charge in [-0.3, -0.25) is 0 Å². The van der Waals surface area contributed by atoms with Crippen LogP contribution in [0.4, 0.5) is 0 Å². The van der Waals surface area contributed by atoms with Gasteiger partial charge in [0, 0.05) is 16.7 Å². The highest BCUT2D eigenvalue weighted by atomic mass is 32.2. The van der Waals surface area contributed by atoms with Crippen LogP contribution in [0.25, 0.3) is 11.3 Å². The summed E-state index contributed by atoms with van der Waals surface area (Å²) in [4.78, 5) is 4.68. The molecule has 0 unspecified atom stereocenters. The normalized spacial score (nSPS) is 11.4. The van der Waals surface area contributed by atoms with E-state index in [1.54, 1.807) is 35.2 Å². The number of nitrogens with zero attached hydrogens (tertiary/aromatic N) is 1. The Labute approximate surface area is 154 Å². The molecule has 0 radical (unpaired) electrons. The average Bonchev–Trinajstić information content (AvgIpc) is 3.08. The molecule has 1 heterocycles. The van der Waals surface area contributed by atoms with Crippen molar-refractivity contribution in [1.29, 1.82) is 0 Å². The second-order valence-corrected chi connectivity index (χ2v) is 8.84. The van der Waals surface area contributed by atoms with Gasteiger partial charge in [-0.25, -0.2) is 18.5 Å². The molecule has 5 nitrogen and oxygen atoms in total. The van der Waals surface area contributed by atoms with Crippen molar-refractivity contribution in [1.82, 2.24) is 4.98 Å². The molecule has 130 valence electrons. The third-order valence-corrected chi connectivity index (χ3v) is 6.20. The van der Waals surface area contributed by atoms with Crippen molar-refractivity contribution >= 4 is 33.1 Å². The van der Waals surface area contributed by atoms with E-state index in [4.69, 9.17) is 9.88 Å². The minimum atomic E-state index is -3.67. The van der Waals surface area contributed by atoms with Crippen molar-refractivity contribution < 1.29 is 13.2 Å². The maximum Gasteiger partial charge on any atom is 0.238 e. The molecule has 0 bridgehead atoms. The topological polar surface area (TPSA) is 82.3 Å². The molecule has 25 heavy (non-hydrogen) atoms. The van der Waals surface area contributed by atoms with Crippen LogP contribution in [-0.2, 0) is 10.0 Å². The molecule has 0 atom stereocenters. The molecule has 0 amide bonds. The van der Waals surface area contributed by atoms with E-state index < -0.39 is 10.0 Å². The fourth-order valence-electron chi connectivity index (χ4n) is 2.08. The molecule has 0 fully saturated rings. The first kappa shape index (κ1) is 17.9. The zero-order valence-electron chi connectivity index (χ0n) is 13.2. The minimum absolute atomic E-state index is 0.0745. The van der Waals surface area contributed by atoms with Gasteiger partial charge in [0.1, 0.15) is 5.75 Å². The van der Waals surface area contributed by atoms with E-state index in [2.05, 4.69) is 4.98 Å². The number of thiazole rings is 1. The van der Waals surface area contributed by atoms with Gasteiger partial charge < -0.3 is 4.74 Å². The number of ether oxygens (including phenoxy) is 1. The van der Waals surface area contributed by atoms with E-state index in [0.717, 1.165) is 21.3 Å². The Bertz CT molecular complexity index is 923. The van der Waals surface area contributed by atoms with Gasteiger partial charge in [0.15, 0.2) is 4.34 Å². The molecule has 3 rings (SSSR count). The smallest absolute Gasteiger partial charge is 0.238 e. The van der Waals surface area contributed by atoms with E-state index in [-0.39, 0.29) is 4.90 Å². The van der Waals surface area contributed by atoms with Crippen LogP contribution in [0.2, 0.25) is 0 Å². The first-order valence-electron chi connectivity index (χ1n) is 7.42. The predicted octanol–water partition coefficient (Wildman–Crippen LogP) is 3.63.